The van der Waals surface area contributed by atoms with Crippen molar-refractivity contribution in [2.45, 2.75) is 31.7 Å². The first kappa shape index (κ1) is 21.6. The molecule has 0 bridgehead atoms. The average molecular weight is 444 g/mol. The molecule has 0 aliphatic carbocycles. The van der Waals surface area contributed by atoms with Crippen LogP contribution >= 0.6 is 0 Å². The SMILES string of the molecule is CCN1C(=O)[C@@]2(c3ccccc31)N(C)C[C@H](C(=O)C=C(C)C)[C@@]21C(=O)N(C)c2ccccc21. The lowest BCUT2D eigenvalue weighted by Gasteiger charge is -2.43. The summed E-state index contributed by atoms with van der Waals surface area (Å²) in [5, 5.41) is 0. The van der Waals surface area contributed by atoms with Crippen LogP contribution in [-0.2, 0) is 25.3 Å². The fraction of sp³-hybridized carbons (Fsp3) is 0.370. The summed E-state index contributed by atoms with van der Waals surface area (Å²) in [6.45, 7) is 6.50. The molecule has 2 spiro atoms. The molecule has 0 saturated carbocycles. The molecule has 0 N–H and O–H groups in total. The van der Waals surface area contributed by atoms with Crippen LogP contribution in [0, 0.1) is 5.92 Å². The van der Waals surface area contributed by atoms with E-state index in [-0.39, 0.29) is 17.6 Å². The lowest BCUT2D eigenvalue weighted by atomic mass is 9.58. The van der Waals surface area contributed by atoms with Gasteiger partial charge in [-0.1, -0.05) is 42.0 Å². The summed E-state index contributed by atoms with van der Waals surface area (Å²) < 4.78 is 0. The number of amides is 2. The highest BCUT2D eigenvalue weighted by atomic mass is 16.2. The Morgan fingerprint density at radius 3 is 2.21 bits per heavy atom. The van der Waals surface area contributed by atoms with E-state index in [2.05, 4.69) is 0 Å². The van der Waals surface area contributed by atoms with E-state index in [9.17, 15) is 14.4 Å². The zero-order valence-electron chi connectivity index (χ0n) is 19.8. The molecule has 0 radical (unpaired) electrons. The first-order valence-corrected chi connectivity index (χ1v) is 11.4. The zero-order valence-corrected chi connectivity index (χ0v) is 19.8. The van der Waals surface area contributed by atoms with Gasteiger partial charge in [-0.25, -0.2) is 0 Å². The van der Waals surface area contributed by atoms with E-state index in [0.717, 1.165) is 28.1 Å². The highest BCUT2D eigenvalue weighted by Gasteiger charge is 2.78. The summed E-state index contributed by atoms with van der Waals surface area (Å²) in [6, 6.07) is 15.3. The van der Waals surface area contributed by atoms with E-state index >= 15 is 0 Å². The topological polar surface area (TPSA) is 60.9 Å². The summed E-state index contributed by atoms with van der Waals surface area (Å²) >= 11 is 0. The maximum absolute atomic E-state index is 14.4. The van der Waals surface area contributed by atoms with Crippen LogP contribution in [0.25, 0.3) is 0 Å². The maximum atomic E-state index is 14.4. The van der Waals surface area contributed by atoms with Gasteiger partial charge in [0.1, 0.15) is 11.0 Å². The molecule has 2 aromatic carbocycles. The third-order valence-corrected chi connectivity index (χ3v) is 7.68. The molecular weight excluding hydrogens is 414 g/mol. The van der Waals surface area contributed by atoms with Gasteiger partial charge in [0.15, 0.2) is 5.78 Å². The van der Waals surface area contributed by atoms with Crippen LogP contribution in [0.4, 0.5) is 11.4 Å². The zero-order chi connectivity index (χ0) is 23.7. The van der Waals surface area contributed by atoms with Crippen LogP contribution in [0.1, 0.15) is 31.9 Å². The first-order valence-electron chi connectivity index (χ1n) is 11.4. The number of allylic oxidation sites excluding steroid dienone is 2. The molecule has 6 nitrogen and oxygen atoms in total. The second kappa shape index (κ2) is 7.12. The molecule has 1 fully saturated rings. The minimum atomic E-state index is -1.35. The number of likely N-dealkylation sites (N-methyl/N-ethyl adjacent to an activating group) is 3. The molecule has 1 saturated heterocycles. The Hall–Kier alpha value is -3.25. The molecule has 0 aromatic heterocycles. The van der Waals surface area contributed by atoms with Gasteiger partial charge in [-0.2, -0.15) is 0 Å². The van der Waals surface area contributed by atoms with Gasteiger partial charge in [-0.05, 0) is 51.6 Å². The van der Waals surface area contributed by atoms with Crippen LogP contribution < -0.4 is 9.80 Å². The Morgan fingerprint density at radius 2 is 1.58 bits per heavy atom. The number of rotatable bonds is 3. The number of carbonyl (C=O) groups excluding carboxylic acids is 3. The maximum Gasteiger partial charge on any atom is 0.253 e. The highest BCUT2D eigenvalue weighted by molar-refractivity contribution is 6.21. The molecule has 6 heteroatoms. The summed E-state index contributed by atoms with van der Waals surface area (Å²) in [5.74, 6) is -1.14. The van der Waals surface area contributed by atoms with Gasteiger partial charge in [0.2, 0.25) is 5.91 Å². The number of hydrogen-bond acceptors (Lipinski definition) is 4. The molecule has 0 unspecified atom stereocenters. The van der Waals surface area contributed by atoms with Crippen LogP contribution in [0.15, 0.2) is 60.2 Å². The fourth-order valence-corrected chi connectivity index (χ4v) is 6.56. The lowest BCUT2D eigenvalue weighted by Crippen LogP contribution is -2.63. The van der Waals surface area contributed by atoms with Crippen molar-refractivity contribution in [3.8, 4) is 0 Å². The predicted octanol–water partition coefficient (Wildman–Crippen LogP) is 3.26. The standard InChI is InChI=1S/C27H29N3O3/c1-6-30-22-14-10-8-12-19(22)27(25(30)33)26(20(16-28(27)4)23(31)15-17(2)3)18-11-7-9-13-21(18)29(5)24(26)32/h7-15,20H,6,16H2,1-5H3/t20-,26+,27-/m1/s1. The van der Waals surface area contributed by atoms with Gasteiger partial charge in [0.25, 0.3) is 5.91 Å². The van der Waals surface area contributed by atoms with Gasteiger partial charge in [-0.3, -0.25) is 19.3 Å². The van der Waals surface area contributed by atoms with E-state index < -0.39 is 16.9 Å². The van der Waals surface area contributed by atoms with Crippen molar-refractivity contribution in [2.24, 2.45) is 5.92 Å². The molecule has 3 atom stereocenters. The van der Waals surface area contributed by atoms with Crippen molar-refractivity contribution in [1.29, 1.82) is 0 Å². The largest absolute Gasteiger partial charge is 0.314 e. The number of ketones is 1. The van der Waals surface area contributed by atoms with Gasteiger partial charge >= 0.3 is 0 Å². The van der Waals surface area contributed by atoms with E-state index in [0.29, 0.717) is 13.1 Å². The Kier molecular flexibility index (Phi) is 4.66. The van der Waals surface area contributed by atoms with Crippen LogP contribution in [0.3, 0.4) is 0 Å². The van der Waals surface area contributed by atoms with E-state index in [1.54, 1.807) is 22.9 Å². The van der Waals surface area contributed by atoms with Gasteiger partial charge in [-0.15, -0.1) is 0 Å². The number of benzene rings is 2. The number of hydrogen-bond donors (Lipinski definition) is 0. The minimum Gasteiger partial charge on any atom is -0.314 e. The number of nitrogens with zero attached hydrogens (tertiary/aromatic N) is 3. The van der Waals surface area contributed by atoms with Crippen molar-refractivity contribution in [3.05, 3.63) is 71.3 Å². The molecular formula is C27H29N3O3. The fourth-order valence-electron chi connectivity index (χ4n) is 6.56. The summed E-state index contributed by atoms with van der Waals surface area (Å²) in [6.07, 6.45) is 1.62. The Labute approximate surface area is 194 Å². The quantitative estimate of drug-likeness (QED) is 0.684. The Balaban J connectivity index is 1.93. The molecule has 2 aromatic rings. The normalized spacial score (nSPS) is 28.1. The molecule has 3 aliphatic heterocycles. The van der Waals surface area contributed by atoms with Crippen LogP contribution in [0.2, 0.25) is 0 Å². The van der Waals surface area contributed by atoms with E-state index in [1.807, 2.05) is 81.2 Å². The van der Waals surface area contributed by atoms with Gasteiger partial charge in [0.05, 0.1) is 5.92 Å². The van der Waals surface area contributed by atoms with E-state index in [1.165, 1.54) is 0 Å². The number of anilines is 2. The molecule has 3 aliphatic rings. The molecule has 33 heavy (non-hydrogen) atoms. The smallest absolute Gasteiger partial charge is 0.253 e. The number of carbonyl (C=O) groups is 3. The third-order valence-electron chi connectivity index (χ3n) is 7.68. The average Bonchev–Trinajstić information content (AvgIpc) is 3.31. The monoisotopic (exact) mass is 443 g/mol. The highest BCUT2D eigenvalue weighted by Crippen LogP contribution is 2.65. The second-order valence-electron chi connectivity index (χ2n) is 9.52. The lowest BCUT2D eigenvalue weighted by molar-refractivity contribution is -0.140. The predicted molar refractivity (Wildman–Crippen MR) is 128 cm³/mol. The molecule has 3 heterocycles. The number of fused-ring (bicyclic) bond motifs is 5. The summed E-state index contributed by atoms with van der Waals surface area (Å²) in [5.41, 5.74) is 1.34. The van der Waals surface area contributed by atoms with Crippen molar-refractivity contribution < 1.29 is 14.4 Å². The second-order valence-corrected chi connectivity index (χ2v) is 9.52. The van der Waals surface area contributed by atoms with Crippen molar-refractivity contribution >= 4 is 29.0 Å². The first-order chi connectivity index (χ1) is 15.7. The Morgan fingerprint density at radius 1 is 0.970 bits per heavy atom. The van der Waals surface area contributed by atoms with Gasteiger partial charge < -0.3 is 9.80 Å². The van der Waals surface area contributed by atoms with Crippen molar-refractivity contribution in [1.82, 2.24) is 4.90 Å². The molecule has 5 rings (SSSR count). The van der Waals surface area contributed by atoms with Gasteiger partial charge in [0, 0.05) is 37.1 Å². The number of para-hydroxylation sites is 2. The number of likely N-dealkylation sites (tertiary alicyclic amines) is 1. The molecule has 2 amide bonds. The van der Waals surface area contributed by atoms with Crippen molar-refractivity contribution in [3.63, 3.8) is 0 Å². The van der Waals surface area contributed by atoms with Crippen molar-refractivity contribution in [2.75, 3.05) is 37.0 Å². The Bertz CT molecular complexity index is 1230. The van der Waals surface area contributed by atoms with Crippen LogP contribution in [0.5, 0.6) is 0 Å². The van der Waals surface area contributed by atoms with Crippen LogP contribution in [-0.4, -0.2) is 49.7 Å². The summed E-state index contributed by atoms with van der Waals surface area (Å²) in [7, 11) is 3.62. The minimum absolute atomic E-state index is 0.114. The van der Waals surface area contributed by atoms with E-state index in [4.69, 9.17) is 0 Å². The summed E-state index contributed by atoms with van der Waals surface area (Å²) in [4.78, 5) is 47.9. The third kappa shape index (κ3) is 2.34. The molecule has 170 valence electrons.